The smallest absolute Gasteiger partial charge is 0.123 e. The third-order valence-electron chi connectivity index (χ3n) is 5.62. The number of benzene rings is 2. The van der Waals surface area contributed by atoms with Crippen LogP contribution < -0.4 is 4.74 Å². The highest BCUT2D eigenvalue weighted by molar-refractivity contribution is 5.33. The van der Waals surface area contributed by atoms with Crippen LogP contribution in [0.3, 0.4) is 0 Å². The van der Waals surface area contributed by atoms with Crippen LogP contribution >= 0.6 is 0 Å². The van der Waals surface area contributed by atoms with Gasteiger partial charge in [0.1, 0.15) is 11.6 Å². The Balaban J connectivity index is 1.72. The number of aliphatic hydroxyl groups is 1. The van der Waals surface area contributed by atoms with Crippen LogP contribution in [0.5, 0.6) is 5.75 Å². The van der Waals surface area contributed by atoms with Crippen molar-refractivity contribution in [3.8, 4) is 5.75 Å². The van der Waals surface area contributed by atoms with Gasteiger partial charge in [-0.25, -0.2) is 4.39 Å². The van der Waals surface area contributed by atoms with Crippen molar-refractivity contribution >= 4 is 0 Å². The fourth-order valence-corrected chi connectivity index (χ4v) is 4.10. The van der Waals surface area contributed by atoms with E-state index in [0.29, 0.717) is 13.0 Å². The summed E-state index contributed by atoms with van der Waals surface area (Å²) in [6.45, 7) is 1.22. The first-order chi connectivity index (χ1) is 13.4. The van der Waals surface area contributed by atoms with E-state index in [9.17, 15) is 9.50 Å². The summed E-state index contributed by atoms with van der Waals surface area (Å²) in [7, 11) is 5.69. The fraction of sp³-hybridized carbons (Fsp3) is 0.478. The number of ether oxygens (including phenoxy) is 2. The van der Waals surface area contributed by atoms with E-state index in [0.717, 1.165) is 36.3 Å². The highest BCUT2D eigenvalue weighted by atomic mass is 19.1. The molecule has 1 N–H and O–H groups in total. The van der Waals surface area contributed by atoms with Gasteiger partial charge in [0.25, 0.3) is 0 Å². The van der Waals surface area contributed by atoms with Crippen LogP contribution in [0, 0.1) is 11.7 Å². The molecule has 2 aromatic rings. The zero-order valence-corrected chi connectivity index (χ0v) is 16.9. The summed E-state index contributed by atoms with van der Waals surface area (Å²) < 4.78 is 24.5. The number of hydrogen-bond donors (Lipinski definition) is 1. The Hall–Kier alpha value is -1.95. The molecule has 3 rings (SSSR count). The van der Waals surface area contributed by atoms with Gasteiger partial charge in [-0.15, -0.1) is 0 Å². The van der Waals surface area contributed by atoms with Gasteiger partial charge < -0.3 is 19.5 Å². The summed E-state index contributed by atoms with van der Waals surface area (Å²) in [6.07, 6.45) is 2.25. The third kappa shape index (κ3) is 4.90. The molecule has 1 aliphatic rings. The van der Waals surface area contributed by atoms with Crippen LogP contribution in [0.2, 0.25) is 0 Å². The molecule has 0 bridgehead atoms. The van der Waals surface area contributed by atoms with E-state index >= 15 is 0 Å². The van der Waals surface area contributed by atoms with Gasteiger partial charge in [-0.05, 0) is 68.8 Å². The molecule has 3 unspecified atom stereocenters. The molecule has 1 aliphatic carbocycles. The molecule has 28 heavy (non-hydrogen) atoms. The molecular weight excluding hydrogens is 357 g/mol. The first-order valence-corrected chi connectivity index (χ1v) is 9.78. The Bertz CT molecular complexity index is 765. The molecular formula is C23H30FNO3. The first-order valence-electron chi connectivity index (χ1n) is 9.78. The highest BCUT2D eigenvalue weighted by Gasteiger charge is 2.44. The van der Waals surface area contributed by atoms with Crippen molar-refractivity contribution in [1.29, 1.82) is 0 Å². The molecule has 0 spiro atoms. The maximum absolute atomic E-state index is 13.1. The van der Waals surface area contributed by atoms with Crippen LogP contribution in [0.15, 0.2) is 48.5 Å². The van der Waals surface area contributed by atoms with Crippen molar-refractivity contribution in [2.24, 2.45) is 5.92 Å². The Labute approximate surface area is 166 Å². The van der Waals surface area contributed by atoms with E-state index in [1.54, 1.807) is 19.2 Å². The van der Waals surface area contributed by atoms with E-state index in [1.165, 1.54) is 12.1 Å². The Morgan fingerprint density at radius 1 is 1.18 bits per heavy atom. The molecule has 1 fully saturated rings. The predicted octanol–water partition coefficient (Wildman–Crippen LogP) is 3.97. The standard InChI is InChI=1S/C23H30FNO3/c1-25(2)15-19-14-22(28-16-17-7-9-20(24)10-8-17)11-12-23(19,26)18-5-4-6-21(13-18)27-3/h4-10,13,19,22,26H,11-12,14-16H2,1-3H3. The number of nitrogens with zero attached hydrogens (tertiary/aromatic N) is 1. The lowest BCUT2D eigenvalue weighted by Gasteiger charge is -2.44. The van der Waals surface area contributed by atoms with Crippen LogP contribution in [0.25, 0.3) is 0 Å². The van der Waals surface area contributed by atoms with Crippen molar-refractivity contribution in [3.63, 3.8) is 0 Å². The van der Waals surface area contributed by atoms with Gasteiger partial charge >= 0.3 is 0 Å². The van der Waals surface area contributed by atoms with Gasteiger partial charge in [-0.2, -0.15) is 0 Å². The summed E-state index contributed by atoms with van der Waals surface area (Å²) in [6, 6.07) is 14.1. The van der Waals surface area contributed by atoms with Crippen molar-refractivity contribution in [2.45, 2.75) is 37.6 Å². The number of rotatable bonds is 7. The van der Waals surface area contributed by atoms with Crippen molar-refractivity contribution in [1.82, 2.24) is 4.90 Å². The summed E-state index contributed by atoms with van der Waals surface area (Å²) >= 11 is 0. The number of hydrogen-bond acceptors (Lipinski definition) is 4. The lowest BCUT2D eigenvalue weighted by atomic mass is 9.70. The minimum atomic E-state index is -0.908. The second kappa shape index (κ2) is 9.03. The van der Waals surface area contributed by atoms with Crippen LogP contribution in [0.1, 0.15) is 30.4 Å². The van der Waals surface area contributed by atoms with Crippen molar-refractivity contribution in [2.75, 3.05) is 27.7 Å². The average Bonchev–Trinajstić information content (AvgIpc) is 2.69. The molecule has 152 valence electrons. The molecule has 0 radical (unpaired) electrons. The van der Waals surface area contributed by atoms with Gasteiger partial charge in [0.2, 0.25) is 0 Å². The van der Waals surface area contributed by atoms with Crippen LogP contribution in [-0.2, 0) is 16.9 Å². The first kappa shape index (κ1) is 20.8. The molecule has 0 saturated heterocycles. The molecule has 2 aromatic carbocycles. The molecule has 4 nitrogen and oxygen atoms in total. The predicted molar refractivity (Wildman–Crippen MR) is 108 cm³/mol. The van der Waals surface area contributed by atoms with Gasteiger partial charge in [-0.3, -0.25) is 0 Å². The lowest BCUT2D eigenvalue weighted by Crippen LogP contribution is -2.46. The second-order valence-electron chi connectivity index (χ2n) is 7.95. The van der Waals surface area contributed by atoms with Crippen molar-refractivity contribution in [3.05, 3.63) is 65.5 Å². The quantitative estimate of drug-likeness (QED) is 0.781. The summed E-state index contributed by atoms with van der Waals surface area (Å²) in [5, 5.41) is 11.6. The SMILES string of the molecule is COc1cccc(C2(O)CCC(OCc3ccc(F)cc3)CC2CN(C)C)c1. The van der Waals surface area contributed by atoms with Crippen molar-refractivity contribution < 1.29 is 19.0 Å². The molecule has 1 saturated carbocycles. The van der Waals surface area contributed by atoms with E-state index in [4.69, 9.17) is 9.47 Å². The molecule has 0 amide bonds. The summed E-state index contributed by atoms with van der Waals surface area (Å²) in [5.41, 5.74) is 0.948. The van der Waals surface area contributed by atoms with Gasteiger partial charge in [-0.1, -0.05) is 24.3 Å². The van der Waals surface area contributed by atoms with Gasteiger partial charge in [0.05, 0.1) is 25.4 Å². The molecule has 0 aromatic heterocycles. The zero-order valence-electron chi connectivity index (χ0n) is 16.9. The largest absolute Gasteiger partial charge is 0.497 e. The number of halogens is 1. The second-order valence-corrected chi connectivity index (χ2v) is 7.95. The Morgan fingerprint density at radius 2 is 1.93 bits per heavy atom. The topological polar surface area (TPSA) is 41.9 Å². The van der Waals surface area contributed by atoms with Crippen LogP contribution in [-0.4, -0.2) is 43.9 Å². The van der Waals surface area contributed by atoms with E-state index < -0.39 is 5.60 Å². The lowest BCUT2D eigenvalue weighted by molar-refractivity contribution is -0.110. The number of methoxy groups -OCH3 is 1. The average molecular weight is 387 g/mol. The van der Waals surface area contributed by atoms with Gasteiger partial charge in [0.15, 0.2) is 0 Å². The Kier molecular flexibility index (Phi) is 6.70. The van der Waals surface area contributed by atoms with Gasteiger partial charge in [0, 0.05) is 12.5 Å². The monoisotopic (exact) mass is 387 g/mol. The summed E-state index contributed by atoms with van der Waals surface area (Å²) in [5.74, 6) is 0.557. The molecule has 3 atom stereocenters. The minimum Gasteiger partial charge on any atom is -0.497 e. The van der Waals surface area contributed by atoms with Crippen LogP contribution in [0.4, 0.5) is 4.39 Å². The summed E-state index contributed by atoms with van der Waals surface area (Å²) in [4.78, 5) is 2.11. The minimum absolute atomic E-state index is 0.0431. The van der Waals surface area contributed by atoms with E-state index in [1.807, 2.05) is 38.4 Å². The van der Waals surface area contributed by atoms with E-state index in [2.05, 4.69) is 4.90 Å². The Morgan fingerprint density at radius 3 is 2.61 bits per heavy atom. The molecule has 0 aliphatic heterocycles. The maximum Gasteiger partial charge on any atom is 0.123 e. The molecule has 5 heteroatoms. The fourth-order valence-electron chi connectivity index (χ4n) is 4.10. The van der Waals surface area contributed by atoms with E-state index in [-0.39, 0.29) is 17.8 Å². The third-order valence-corrected chi connectivity index (χ3v) is 5.62. The maximum atomic E-state index is 13.1. The highest BCUT2D eigenvalue weighted by Crippen LogP contribution is 2.43. The molecule has 0 heterocycles. The zero-order chi connectivity index (χ0) is 20.1. The normalized spacial score (nSPS) is 25.1.